The van der Waals surface area contributed by atoms with Crippen LogP contribution in [0.5, 0.6) is 0 Å². The fourth-order valence-corrected chi connectivity index (χ4v) is 1.47. The SMILES string of the molecule is CC(C)(C)C(N)CC(=O)Nc1cc(Cl)ccc1F. The Bertz CT molecular complexity index is 443. The van der Waals surface area contributed by atoms with Crippen LogP contribution in [-0.2, 0) is 4.79 Å². The summed E-state index contributed by atoms with van der Waals surface area (Å²) >= 11 is 5.74. The molecule has 100 valence electrons. The molecule has 0 aromatic heterocycles. The summed E-state index contributed by atoms with van der Waals surface area (Å²) in [5.74, 6) is -0.837. The molecule has 0 saturated heterocycles. The maximum absolute atomic E-state index is 13.4. The Morgan fingerprint density at radius 2 is 2.11 bits per heavy atom. The summed E-state index contributed by atoms with van der Waals surface area (Å²) in [4.78, 5) is 11.7. The van der Waals surface area contributed by atoms with Crippen molar-refractivity contribution in [2.75, 3.05) is 5.32 Å². The lowest BCUT2D eigenvalue weighted by Gasteiger charge is -2.26. The van der Waals surface area contributed by atoms with E-state index >= 15 is 0 Å². The summed E-state index contributed by atoms with van der Waals surface area (Å²) in [6.07, 6.45) is 0.134. The average molecular weight is 273 g/mol. The molecular weight excluding hydrogens is 255 g/mol. The van der Waals surface area contributed by atoms with Crippen molar-refractivity contribution in [1.82, 2.24) is 0 Å². The third kappa shape index (κ3) is 4.27. The number of rotatable bonds is 3. The molecule has 0 aliphatic rings. The maximum Gasteiger partial charge on any atom is 0.226 e. The first-order valence-corrected chi connectivity index (χ1v) is 6.08. The highest BCUT2D eigenvalue weighted by atomic mass is 35.5. The van der Waals surface area contributed by atoms with Gasteiger partial charge in [-0.3, -0.25) is 4.79 Å². The van der Waals surface area contributed by atoms with E-state index in [4.69, 9.17) is 17.3 Å². The molecule has 1 rings (SSSR count). The minimum atomic E-state index is -0.517. The number of hydrogen-bond acceptors (Lipinski definition) is 2. The molecule has 1 amide bonds. The first-order chi connectivity index (χ1) is 8.20. The van der Waals surface area contributed by atoms with Crippen LogP contribution in [0.3, 0.4) is 0 Å². The minimum absolute atomic E-state index is 0.0774. The first kappa shape index (κ1) is 14.9. The van der Waals surface area contributed by atoms with E-state index in [-0.39, 0.29) is 29.5 Å². The minimum Gasteiger partial charge on any atom is -0.327 e. The third-order valence-corrected chi connectivity index (χ3v) is 2.96. The van der Waals surface area contributed by atoms with Crippen LogP contribution in [0.15, 0.2) is 18.2 Å². The van der Waals surface area contributed by atoms with Crippen molar-refractivity contribution in [2.45, 2.75) is 33.2 Å². The van der Waals surface area contributed by atoms with Crippen LogP contribution >= 0.6 is 11.6 Å². The molecule has 1 aromatic carbocycles. The number of halogens is 2. The predicted octanol–water partition coefficient (Wildman–Crippen LogP) is 3.18. The van der Waals surface area contributed by atoms with E-state index in [1.54, 1.807) is 0 Å². The number of nitrogens with one attached hydrogen (secondary N) is 1. The fraction of sp³-hybridized carbons (Fsp3) is 0.462. The summed E-state index contributed by atoms with van der Waals surface area (Å²) in [5.41, 5.74) is 5.79. The van der Waals surface area contributed by atoms with E-state index in [0.29, 0.717) is 5.02 Å². The van der Waals surface area contributed by atoms with Crippen molar-refractivity contribution in [1.29, 1.82) is 0 Å². The second kappa shape index (κ2) is 5.67. The molecule has 3 N–H and O–H groups in total. The van der Waals surface area contributed by atoms with Gasteiger partial charge in [0.25, 0.3) is 0 Å². The molecule has 0 saturated carbocycles. The zero-order chi connectivity index (χ0) is 13.9. The van der Waals surface area contributed by atoms with Crippen molar-refractivity contribution in [3.8, 4) is 0 Å². The summed E-state index contributed by atoms with van der Waals surface area (Å²) in [7, 11) is 0. The zero-order valence-electron chi connectivity index (χ0n) is 10.8. The largest absolute Gasteiger partial charge is 0.327 e. The Kier molecular flexibility index (Phi) is 4.71. The highest BCUT2D eigenvalue weighted by molar-refractivity contribution is 6.30. The molecule has 0 aliphatic heterocycles. The molecule has 1 atom stereocenters. The first-order valence-electron chi connectivity index (χ1n) is 5.70. The molecule has 1 unspecified atom stereocenters. The van der Waals surface area contributed by atoms with Gasteiger partial charge < -0.3 is 11.1 Å². The molecule has 0 aliphatic carbocycles. The Morgan fingerprint density at radius 1 is 1.50 bits per heavy atom. The van der Waals surface area contributed by atoms with Crippen LogP contribution in [0.4, 0.5) is 10.1 Å². The van der Waals surface area contributed by atoms with Crippen molar-refractivity contribution in [3.05, 3.63) is 29.0 Å². The number of benzene rings is 1. The van der Waals surface area contributed by atoms with Gasteiger partial charge in [0.05, 0.1) is 5.69 Å². The van der Waals surface area contributed by atoms with E-state index in [2.05, 4.69) is 5.32 Å². The Balaban J connectivity index is 2.68. The summed E-state index contributed by atoms with van der Waals surface area (Å²) in [6, 6.07) is 3.71. The average Bonchev–Trinajstić information content (AvgIpc) is 2.22. The quantitative estimate of drug-likeness (QED) is 0.888. The van der Waals surface area contributed by atoms with Gasteiger partial charge >= 0.3 is 0 Å². The van der Waals surface area contributed by atoms with E-state index in [1.807, 2.05) is 20.8 Å². The molecule has 0 heterocycles. The van der Waals surface area contributed by atoms with Crippen LogP contribution in [0.2, 0.25) is 5.02 Å². The van der Waals surface area contributed by atoms with Crippen molar-refractivity contribution in [3.63, 3.8) is 0 Å². The topological polar surface area (TPSA) is 55.1 Å². The Labute approximate surface area is 112 Å². The van der Waals surface area contributed by atoms with E-state index < -0.39 is 5.82 Å². The molecule has 5 heteroatoms. The number of anilines is 1. The van der Waals surface area contributed by atoms with Gasteiger partial charge in [-0.05, 0) is 23.6 Å². The van der Waals surface area contributed by atoms with E-state index in [0.717, 1.165) is 0 Å². The number of carbonyl (C=O) groups is 1. The molecule has 0 bridgehead atoms. The van der Waals surface area contributed by atoms with Crippen molar-refractivity contribution < 1.29 is 9.18 Å². The van der Waals surface area contributed by atoms with Gasteiger partial charge in [0, 0.05) is 17.5 Å². The number of amides is 1. The number of carbonyl (C=O) groups excluding carboxylic acids is 1. The fourth-order valence-electron chi connectivity index (χ4n) is 1.30. The van der Waals surface area contributed by atoms with Crippen LogP contribution in [-0.4, -0.2) is 11.9 Å². The molecule has 0 spiro atoms. The summed E-state index contributed by atoms with van der Waals surface area (Å²) in [5, 5.41) is 2.84. The number of hydrogen-bond donors (Lipinski definition) is 2. The van der Waals surface area contributed by atoms with Gasteiger partial charge in [-0.25, -0.2) is 4.39 Å². The molecule has 18 heavy (non-hydrogen) atoms. The van der Waals surface area contributed by atoms with Crippen molar-refractivity contribution >= 4 is 23.2 Å². The third-order valence-electron chi connectivity index (χ3n) is 2.72. The molecule has 0 fully saturated rings. The van der Waals surface area contributed by atoms with Gasteiger partial charge in [0.2, 0.25) is 5.91 Å². The molecule has 0 radical (unpaired) electrons. The van der Waals surface area contributed by atoms with Gasteiger partial charge in [0.15, 0.2) is 0 Å². The van der Waals surface area contributed by atoms with Crippen LogP contribution in [0, 0.1) is 11.2 Å². The van der Waals surface area contributed by atoms with Gasteiger partial charge in [-0.15, -0.1) is 0 Å². The van der Waals surface area contributed by atoms with Gasteiger partial charge in [-0.1, -0.05) is 32.4 Å². The van der Waals surface area contributed by atoms with E-state index in [9.17, 15) is 9.18 Å². The Hall–Kier alpha value is -1.13. The molecule has 3 nitrogen and oxygen atoms in total. The monoisotopic (exact) mass is 272 g/mol. The molecular formula is C13H18ClFN2O. The standard InChI is InChI=1S/C13H18ClFN2O/c1-13(2,3)11(16)7-12(18)17-10-6-8(14)4-5-9(10)15/h4-6,11H,7,16H2,1-3H3,(H,17,18). The van der Waals surface area contributed by atoms with Crippen LogP contribution < -0.4 is 11.1 Å². The van der Waals surface area contributed by atoms with Crippen LogP contribution in [0.25, 0.3) is 0 Å². The maximum atomic E-state index is 13.4. The van der Waals surface area contributed by atoms with Crippen molar-refractivity contribution in [2.24, 2.45) is 11.1 Å². The second-order valence-electron chi connectivity index (χ2n) is 5.35. The zero-order valence-corrected chi connectivity index (χ0v) is 11.5. The van der Waals surface area contributed by atoms with E-state index in [1.165, 1.54) is 18.2 Å². The lowest BCUT2D eigenvalue weighted by Crippen LogP contribution is -2.38. The smallest absolute Gasteiger partial charge is 0.226 e. The highest BCUT2D eigenvalue weighted by Gasteiger charge is 2.23. The number of nitrogens with two attached hydrogens (primary N) is 1. The lowest BCUT2D eigenvalue weighted by molar-refractivity contribution is -0.117. The Morgan fingerprint density at radius 3 is 2.67 bits per heavy atom. The van der Waals surface area contributed by atoms with Gasteiger partial charge in [-0.2, -0.15) is 0 Å². The summed E-state index contributed by atoms with van der Waals surface area (Å²) < 4.78 is 13.4. The normalized spacial score (nSPS) is 13.2. The second-order valence-corrected chi connectivity index (χ2v) is 5.79. The summed E-state index contributed by atoms with van der Waals surface area (Å²) in [6.45, 7) is 5.85. The van der Waals surface area contributed by atoms with Gasteiger partial charge in [0.1, 0.15) is 5.82 Å². The van der Waals surface area contributed by atoms with Crippen LogP contribution in [0.1, 0.15) is 27.2 Å². The lowest BCUT2D eigenvalue weighted by atomic mass is 9.85. The predicted molar refractivity (Wildman–Crippen MR) is 72.1 cm³/mol. The molecule has 1 aromatic rings. The highest BCUT2D eigenvalue weighted by Crippen LogP contribution is 2.22.